The molecule has 2 amide bonds. The topological polar surface area (TPSA) is 133 Å². The van der Waals surface area contributed by atoms with E-state index in [0.29, 0.717) is 28.9 Å². The molecule has 2 heterocycles. The molecule has 2 saturated heterocycles. The molecular weight excluding hydrogens is 737 g/mol. The summed E-state index contributed by atoms with van der Waals surface area (Å²) in [6, 6.07) is 45.4. The molecule has 1 N–H and O–H groups in total. The third-order valence-electron chi connectivity index (χ3n) is 10.00. The number of epoxide rings is 1. The van der Waals surface area contributed by atoms with E-state index < -0.39 is 53.8 Å². The Bertz CT molecular complexity index is 2150. The van der Waals surface area contributed by atoms with Crippen molar-refractivity contribution in [1.29, 1.82) is 0 Å². The molecule has 11 heteroatoms. The van der Waals surface area contributed by atoms with Crippen LogP contribution in [0.4, 0.5) is 0 Å². The third kappa shape index (κ3) is 8.47. The summed E-state index contributed by atoms with van der Waals surface area (Å²) in [5, 5.41) is 2.72. The van der Waals surface area contributed by atoms with Gasteiger partial charge in [-0.05, 0) is 47.2 Å². The van der Waals surface area contributed by atoms with Crippen molar-refractivity contribution in [2.24, 2.45) is 0 Å². The molecule has 2 unspecified atom stereocenters. The molecule has 0 spiro atoms. The van der Waals surface area contributed by atoms with Crippen LogP contribution in [0.1, 0.15) is 59.8 Å². The van der Waals surface area contributed by atoms with Crippen LogP contribution >= 0.6 is 0 Å². The van der Waals surface area contributed by atoms with E-state index in [0.717, 1.165) is 16.0 Å². The van der Waals surface area contributed by atoms with Crippen molar-refractivity contribution in [2.45, 2.75) is 50.0 Å². The first kappa shape index (κ1) is 39.8. The summed E-state index contributed by atoms with van der Waals surface area (Å²) in [4.78, 5) is 59.0. The van der Waals surface area contributed by atoms with Gasteiger partial charge in [-0.3, -0.25) is 19.3 Å². The molecule has 0 aromatic heterocycles. The second-order valence-corrected chi connectivity index (χ2v) is 14.2. The average molecular weight is 781 g/mol. The van der Waals surface area contributed by atoms with Gasteiger partial charge in [0.25, 0.3) is 11.6 Å². The molecule has 2 aliphatic heterocycles. The second kappa shape index (κ2) is 17.8. The van der Waals surface area contributed by atoms with Gasteiger partial charge in [0.2, 0.25) is 5.91 Å². The van der Waals surface area contributed by atoms with Gasteiger partial charge < -0.3 is 29.0 Å². The Morgan fingerprint density at radius 1 is 0.690 bits per heavy atom. The fourth-order valence-electron chi connectivity index (χ4n) is 6.99. The first-order valence-corrected chi connectivity index (χ1v) is 19.0. The highest BCUT2D eigenvalue weighted by molar-refractivity contribution is 6.08. The standard InChI is InChI=1S/C47H44N2O9/c1-31(2)39(44(52)58-41(35-25-15-7-16-26-35)36-27-17-8-18-28-36)49-45(53)47(54-3,46(49)56-30-37-29-55-37)48-42(50)38(32-19-9-4-10-20-32)43(51)57-40(33-21-11-5-12-22-33)34-23-13-6-14-24-34/h4-28,37-38,40-41,46H,29-30H2,1-3H3,(H,48,50)/t37?,38?,46-,47+/m1/s1. The number of nitrogens with one attached hydrogen (secondary N) is 1. The fraction of sp³-hybridized carbons (Fsp3) is 0.234. The highest BCUT2D eigenvalue weighted by atomic mass is 16.6. The SMILES string of the molecule is CO[C@@]1(NC(=O)C(C(=O)OC(c2ccccc2)c2ccccc2)c2ccccc2)C(=O)N(C(C(=O)OC(c2ccccc2)c2ccccc2)=C(C)C)[C@@H]1OCC1CO1. The van der Waals surface area contributed by atoms with Crippen molar-refractivity contribution in [1.82, 2.24) is 10.2 Å². The fourth-order valence-corrected chi connectivity index (χ4v) is 6.99. The van der Waals surface area contributed by atoms with Crippen molar-refractivity contribution in [3.05, 3.63) is 191 Å². The number of hydrogen-bond donors (Lipinski definition) is 1. The van der Waals surface area contributed by atoms with Gasteiger partial charge in [0.15, 0.2) is 24.4 Å². The number of rotatable bonds is 16. The number of benzene rings is 5. The molecule has 2 fully saturated rings. The molecule has 5 aromatic rings. The van der Waals surface area contributed by atoms with E-state index in [1.165, 1.54) is 7.11 Å². The number of carbonyl (C=O) groups is 4. The van der Waals surface area contributed by atoms with Gasteiger partial charge in [-0.25, -0.2) is 4.79 Å². The maximum Gasteiger partial charge on any atom is 0.356 e. The van der Waals surface area contributed by atoms with Crippen molar-refractivity contribution in [3.63, 3.8) is 0 Å². The molecule has 0 radical (unpaired) electrons. The minimum atomic E-state index is -2.16. The summed E-state index contributed by atoms with van der Waals surface area (Å²) in [5.41, 5.74) is 1.38. The molecule has 0 bridgehead atoms. The van der Waals surface area contributed by atoms with Crippen LogP contribution in [0, 0.1) is 0 Å². The number of likely N-dealkylation sites (tertiary alicyclic amines) is 1. The summed E-state index contributed by atoms with van der Waals surface area (Å²) in [6.07, 6.45) is -3.27. The predicted molar refractivity (Wildman–Crippen MR) is 213 cm³/mol. The number of methoxy groups -OCH3 is 1. The number of amides is 2. The predicted octanol–water partition coefficient (Wildman–Crippen LogP) is 6.77. The Hall–Kier alpha value is -6.40. The molecule has 296 valence electrons. The summed E-state index contributed by atoms with van der Waals surface area (Å²) in [6.45, 7) is 3.81. The molecule has 0 saturated carbocycles. The number of esters is 2. The van der Waals surface area contributed by atoms with Gasteiger partial charge >= 0.3 is 11.9 Å². The first-order chi connectivity index (χ1) is 28.2. The molecule has 11 nitrogen and oxygen atoms in total. The van der Waals surface area contributed by atoms with Gasteiger partial charge in [0.1, 0.15) is 11.8 Å². The van der Waals surface area contributed by atoms with Crippen LogP contribution in [0.5, 0.6) is 0 Å². The Balaban J connectivity index is 1.20. The van der Waals surface area contributed by atoms with Crippen LogP contribution in [0.25, 0.3) is 0 Å². The van der Waals surface area contributed by atoms with Gasteiger partial charge in [-0.2, -0.15) is 0 Å². The number of hydrogen-bond acceptors (Lipinski definition) is 9. The van der Waals surface area contributed by atoms with E-state index >= 15 is 0 Å². The van der Waals surface area contributed by atoms with Crippen LogP contribution in [0.3, 0.4) is 0 Å². The number of nitrogens with zero attached hydrogens (tertiary/aromatic N) is 1. The lowest BCUT2D eigenvalue weighted by Gasteiger charge is -2.54. The van der Waals surface area contributed by atoms with E-state index in [1.54, 1.807) is 44.2 Å². The lowest BCUT2D eigenvalue weighted by molar-refractivity contribution is -0.256. The minimum Gasteiger partial charge on any atom is -0.452 e. The molecule has 58 heavy (non-hydrogen) atoms. The Kier molecular flexibility index (Phi) is 12.2. The number of allylic oxidation sites excluding steroid dienone is 1. The molecule has 7 rings (SSSR count). The summed E-state index contributed by atoms with van der Waals surface area (Å²) in [5.74, 6) is -4.88. The van der Waals surface area contributed by atoms with E-state index in [-0.39, 0.29) is 18.4 Å². The molecule has 4 atom stereocenters. The maximum atomic E-state index is 14.6. The highest BCUT2D eigenvalue weighted by Gasteiger charge is 2.67. The lowest BCUT2D eigenvalue weighted by atomic mass is 9.92. The summed E-state index contributed by atoms with van der Waals surface area (Å²) in [7, 11) is 1.25. The lowest BCUT2D eigenvalue weighted by Crippen LogP contribution is -2.82. The molecule has 0 aliphatic carbocycles. The van der Waals surface area contributed by atoms with Crippen LogP contribution in [-0.4, -0.2) is 67.0 Å². The van der Waals surface area contributed by atoms with Crippen molar-refractivity contribution < 1.29 is 42.9 Å². The van der Waals surface area contributed by atoms with E-state index in [2.05, 4.69) is 5.32 Å². The monoisotopic (exact) mass is 780 g/mol. The molecule has 5 aromatic carbocycles. The summed E-state index contributed by atoms with van der Waals surface area (Å²) < 4.78 is 29.9. The minimum absolute atomic E-state index is 0.0250. The Labute approximate surface area is 337 Å². The quantitative estimate of drug-likeness (QED) is 0.0288. The van der Waals surface area contributed by atoms with Gasteiger partial charge in [0, 0.05) is 7.11 Å². The van der Waals surface area contributed by atoms with E-state index in [1.807, 2.05) is 121 Å². The zero-order chi connectivity index (χ0) is 40.6. The van der Waals surface area contributed by atoms with Gasteiger partial charge in [0.05, 0.1) is 13.2 Å². The van der Waals surface area contributed by atoms with Crippen molar-refractivity contribution in [3.8, 4) is 0 Å². The zero-order valence-corrected chi connectivity index (χ0v) is 32.4. The molecule has 2 aliphatic rings. The maximum absolute atomic E-state index is 14.6. The smallest absolute Gasteiger partial charge is 0.356 e. The van der Waals surface area contributed by atoms with E-state index in [4.69, 9.17) is 23.7 Å². The van der Waals surface area contributed by atoms with Crippen LogP contribution in [0.2, 0.25) is 0 Å². The Morgan fingerprint density at radius 3 is 1.50 bits per heavy atom. The van der Waals surface area contributed by atoms with Crippen LogP contribution < -0.4 is 5.32 Å². The highest BCUT2D eigenvalue weighted by Crippen LogP contribution is 2.40. The number of carbonyl (C=O) groups excluding carboxylic acids is 4. The van der Waals surface area contributed by atoms with Crippen molar-refractivity contribution >= 4 is 23.8 Å². The number of ether oxygens (including phenoxy) is 5. The zero-order valence-electron chi connectivity index (χ0n) is 32.4. The van der Waals surface area contributed by atoms with Gasteiger partial charge in [-0.1, -0.05) is 152 Å². The van der Waals surface area contributed by atoms with Crippen molar-refractivity contribution in [2.75, 3.05) is 20.3 Å². The van der Waals surface area contributed by atoms with Crippen LogP contribution in [0.15, 0.2) is 163 Å². The normalized spacial score (nSPS) is 18.8. The van der Waals surface area contributed by atoms with Crippen LogP contribution in [-0.2, 0) is 42.9 Å². The van der Waals surface area contributed by atoms with Gasteiger partial charge in [-0.15, -0.1) is 0 Å². The Morgan fingerprint density at radius 2 is 1.10 bits per heavy atom. The third-order valence-corrected chi connectivity index (χ3v) is 10.00. The first-order valence-electron chi connectivity index (χ1n) is 19.0. The second-order valence-electron chi connectivity index (χ2n) is 14.2. The van der Waals surface area contributed by atoms with E-state index in [9.17, 15) is 19.2 Å². The molecular formula is C47H44N2O9. The number of β-lactam (4-membered cyclic amide) rings is 1. The average Bonchev–Trinajstić information content (AvgIpc) is 4.10. The summed E-state index contributed by atoms with van der Waals surface area (Å²) >= 11 is 0. The largest absolute Gasteiger partial charge is 0.452 e.